The van der Waals surface area contributed by atoms with Gasteiger partial charge >= 0.3 is 0 Å². The molecule has 0 radical (unpaired) electrons. The van der Waals surface area contributed by atoms with Crippen LogP contribution in [0.15, 0.2) is 59.6 Å². The van der Waals surface area contributed by atoms with Gasteiger partial charge in [-0.2, -0.15) is 4.57 Å². The zero-order valence-electron chi connectivity index (χ0n) is 28.1. The molecule has 0 unspecified atom stereocenters. The minimum absolute atomic E-state index is 0. The van der Waals surface area contributed by atoms with Crippen LogP contribution in [0.4, 0.5) is 5.69 Å². The zero-order valence-corrected chi connectivity index (χ0v) is 30.5. The Balaban J connectivity index is 0.00000675. The summed E-state index contributed by atoms with van der Waals surface area (Å²) >= 11 is 1.69. The highest BCUT2D eigenvalue weighted by atomic mass is 79.9. The van der Waals surface area contributed by atoms with Crippen molar-refractivity contribution in [1.29, 1.82) is 0 Å². The van der Waals surface area contributed by atoms with E-state index in [1.54, 1.807) is 18.3 Å². The van der Waals surface area contributed by atoms with Gasteiger partial charge in [-0.3, -0.25) is 4.79 Å². The van der Waals surface area contributed by atoms with Gasteiger partial charge in [-0.1, -0.05) is 134 Å². The number of rotatable bonds is 20. The van der Waals surface area contributed by atoms with Gasteiger partial charge in [0.2, 0.25) is 11.4 Å². The molecular weight excluding hydrogens is 628 g/mol. The van der Waals surface area contributed by atoms with Crippen LogP contribution < -0.4 is 31.2 Å². The van der Waals surface area contributed by atoms with Gasteiger partial charge in [0.05, 0.1) is 12.0 Å². The van der Waals surface area contributed by atoms with Gasteiger partial charge in [0.25, 0.3) is 0 Å². The van der Waals surface area contributed by atoms with Crippen molar-refractivity contribution in [3.05, 3.63) is 76.2 Å². The number of amides is 1. The van der Waals surface area contributed by atoms with Crippen molar-refractivity contribution in [3.63, 3.8) is 0 Å². The maximum Gasteiger partial charge on any atom is 0.224 e. The lowest BCUT2D eigenvalue weighted by molar-refractivity contribution is -0.683. The summed E-state index contributed by atoms with van der Waals surface area (Å²) < 4.78 is 8.50. The summed E-state index contributed by atoms with van der Waals surface area (Å²) in [4.78, 5) is 14.6. The van der Waals surface area contributed by atoms with Gasteiger partial charge in [0.1, 0.15) is 5.75 Å². The Hall–Kier alpha value is -2.18. The van der Waals surface area contributed by atoms with Crippen molar-refractivity contribution in [1.82, 2.24) is 0 Å². The second-order valence-electron chi connectivity index (χ2n) is 13.1. The average molecular weight is 686 g/mol. The molecule has 1 amide bonds. The van der Waals surface area contributed by atoms with Crippen molar-refractivity contribution < 1.29 is 31.1 Å². The van der Waals surface area contributed by atoms with E-state index in [1.807, 2.05) is 17.0 Å². The smallest absolute Gasteiger partial charge is 0.224 e. The van der Waals surface area contributed by atoms with E-state index < -0.39 is 0 Å². The molecule has 0 saturated heterocycles. The van der Waals surface area contributed by atoms with Crippen molar-refractivity contribution in [2.24, 2.45) is 0 Å². The first kappa shape index (κ1) is 38.0. The summed E-state index contributed by atoms with van der Waals surface area (Å²) in [5.41, 5.74) is 6.72. The van der Waals surface area contributed by atoms with E-state index in [2.05, 4.69) is 79.7 Å². The number of carbonyl (C=O) groups is 1. The summed E-state index contributed by atoms with van der Waals surface area (Å²) in [6.07, 6.45) is 19.1. The number of carbonyl (C=O) groups excluding carboxylic acids is 1. The highest BCUT2D eigenvalue weighted by molar-refractivity contribution is 7.07. The molecule has 0 fully saturated rings. The molecule has 0 bridgehead atoms. The predicted octanol–water partition coefficient (Wildman–Crippen LogP) is 7.06. The SMILES string of the molecule is CCCCCCCCCCCCCCOc1ccc(CCN(C(C)=O)c2cccc(C[n+]3ccsc3)c2)cc1C(C)(C)C.[Br-]. The van der Waals surface area contributed by atoms with Crippen LogP contribution in [-0.2, 0) is 23.2 Å². The number of hydrogen-bond donors (Lipinski definition) is 0. The highest BCUT2D eigenvalue weighted by Crippen LogP contribution is 2.33. The van der Waals surface area contributed by atoms with Gasteiger partial charge in [0, 0.05) is 24.7 Å². The van der Waals surface area contributed by atoms with Gasteiger partial charge in [-0.15, -0.1) is 0 Å². The van der Waals surface area contributed by atoms with Crippen LogP contribution in [0.2, 0.25) is 0 Å². The van der Waals surface area contributed by atoms with Crippen LogP contribution in [0.3, 0.4) is 0 Å². The van der Waals surface area contributed by atoms with Crippen LogP contribution in [0.1, 0.15) is 128 Å². The topological polar surface area (TPSA) is 33.4 Å². The number of unbranched alkanes of at least 4 members (excludes halogenated alkanes) is 11. The number of ether oxygens (including phenoxy) is 1. The molecule has 2 aromatic carbocycles. The number of thiazole rings is 1. The first-order valence-electron chi connectivity index (χ1n) is 16.8. The standard InChI is InChI=1S/C38H57N2O2S.BrH/c1-6-7-8-9-10-11-12-13-14-15-16-17-26-42-37-22-21-33(29-36(37)38(3,4)5)23-24-40(32(2)41)35-20-18-19-34(28-35)30-39-25-27-43-31-39;/h18-22,25,27-29,31H,6-17,23-24,26,30H2,1-5H3;1H/q+1;/p-1. The Morgan fingerprint density at radius 3 is 2.11 bits per heavy atom. The first-order valence-corrected chi connectivity index (χ1v) is 17.8. The third-order valence-electron chi connectivity index (χ3n) is 8.23. The maximum absolute atomic E-state index is 12.7. The molecule has 0 saturated carbocycles. The number of anilines is 1. The summed E-state index contributed by atoms with van der Waals surface area (Å²) in [6, 6.07) is 15.0. The molecule has 0 aliphatic rings. The number of halogens is 1. The molecule has 3 aromatic rings. The molecule has 1 aromatic heterocycles. The van der Waals surface area contributed by atoms with Crippen LogP contribution in [0.5, 0.6) is 5.75 Å². The summed E-state index contributed by atoms with van der Waals surface area (Å²) in [6.45, 7) is 12.9. The fraction of sp³-hybridized carbons (Fsp3) is 0.579. The van der Waals surface area contributed by atoms with Crippen LogP contribution in [0, 0.1) is 0 Å². The quantitative estimate of drug-likeness (QED) is 0.0943. The molecular formula is C38H57BrN2O2S. The second kappa shape index (κ2) is 20.8. The van der Waals surface area contributed by atoms with E-state index in [4.69, 9.17) is 4.74 Å². The van der Waals surface area contributed by atoms with Crippen molar-refractivity contribution >= 4 is 22.9 Å². The zero-order chi connectivity index (χ0) is 30.9. The Labute approximate surface area is 283 Å². The van der Waals surface area contributed by atoms with Crippen LogP contribution in [-0.4, -0.2) is 19.1 Å². The van der Waals surface area contributed by atoms with Crippen molar-refractivity contribution in [2.75, 3.05) is 18.1 Å². The number of aromatic nitrogens is 1. The van der Waals surface area contributed by atoms with E-state index in [9.17, 15) is 4.79 Å². The molecule has 4 nitrogen and oxygen atoms in total. The van der Waals surface area contributed by atoms with Crippen molar-refractivity contribution in [3.8, 4) is 5.75 Å². The Morgan fingerprint density at radius 1 is 0.864 bits per heavy atom. The Kier molecular flexibility index (Phi) is 17.9. The fourth-order valence-electron chi connectivity index (χ4n) is 5.66. The largest absolute Gasteiger partial charge is 1.00 e. The lowest BCUT2D eigenvalue weighted by Crippen LogP contribution is -3.00. The molecule has 0 atom stereocenters. The minimum Gasteiger partial charge on any atom is -1.00 e. The molecule has 1 heterocycles. The van der Waals surface area contributed by atoms with Crippen LogP contribution >= 0.6 is 11.3 Å². The molecule has 0 spiro atoms. The molecule has 6 heteroatoms. The average Bonchev–Trinajstić information content (AvgIpc) is 3.48. The highest BCUT2D eigenvalue weighted by Gasteiger charge is 2.20. The van der Waals surface area contributed by atoms with E-state index in [-0.39, 0.29) is 28.3 Å². The molecule has 3 rings (SSSR count). The molecule has 0 aliphatic heterocycles. The van der Waals surface area contributed by atoms with Gasteiger partial charge in [0.15, 0.2) is 12.7 Å². The summed E-state index contributed by atoms with van der Waals surface area (Å²) in [5, 5.41) is 2.08. The van der Waals surface area contributed by atoms with E-state index >= 15 is 0 Å². The number of hydrogen-bond acceptors (Lipinski definition) is 3. The summed E-state index contributed by atoms with van der Waals surface area (Å²) in [5.74, 6) is 1.07. The third-order valence-corrected chi connectivity index (χ3v) is 8.90. The summed E-state index contributed by atoms with van der Waals surface area (Å²) in [7, 11) is 0. The first-order chi connectivity index (χ1) is 20.8. The van der Waals surface area contributed by atoms with E-state index in [1.165, 1.54) is 87.3 Å². The minimum atomic E-state index is -0.0181. The van der Waals surface area contributed by atoms with Crippen molar-refractivity contribution in [2.45, 2.75) is 130 Å². The molecule has 244 valence electrons. The third kappa shape index (κ3) is 13.9. The second-order valence-corrected chi connectivity index (χ2v) is 13.9. The lowest BCUT2D eigenvalue weighted by Gasteiger charge is -2.25. The predicted molar refractivity (Wildman–Crippen MR) is 184 cm³/mol. The van der Waals surface area contributed by atoms with Gasteiger partial charge in [-0.05, 0) is 47.6 Å². The number of nitrogens with zero attached hydrogens (tertiary/aromatic N) is 2. The molecule has 44 heavy (non-hydrogen) atoms. The van der Waals surface area contributed by atoms with E-state index in [0.717, 1.165) is 37.4 Å². The van der Waals surface area contributed by atoms with Gasteiger partial charge < -0.3 is 26.6 Å². The van der Waals surface area contributed by atoms with Crippen LogP contribution in [0.25, 0.3) is 0 Å². The normalized spacial score (nSPS) is 11.3. The van der Waals surface area contributed by atoms with E-state index in [0.29, 0.717) is 6.54 Å². The number of benzene rings is 2. The molecule has 0 aliphatic carbocycles. The monoisotopic (exact) mass is 684 g/mol. The maximum atomic E-state index is 12.7. The lowest BCUT2D eigenvalue weighted by atomic mass is 9.85. The Morgan fingerprint density at radius 2 is 1.52 bits per heavy atom. The molecule has 0 N–H and O–H groups in total. The fourth-order valence-corrected chi connectivity index (χ4v) is 6.26. The Bertz CT molecular complexity index is 1210. The van der Waals surface area contributed by atoms with Gasteiger partial charge in [-0.25, -0.2) is 0 Å².